The summed E-state index contributed by atoms with van der Waals surface area (Å²) >= 11 is 0. The van der Waals surface area contributed by atoms with Crippen LogP contribution in [0.1, 0.15) is 30.4 Å². The molecule has 0 fully saturated rings. The molecular weight excluding hydrogens is 272 g/mol. The number of benzene rings is 1. The van der Waals surface area contributed by atoms with E-state index in [0.717, 1.165) is 25.7 Å². The normalized spacial score (nSPS) is 20.4. The van der Waals surface area contributed by atoms with Crippen molar-refractivity contribution in [3.8, 4) is 0 Å². The van der Waals surface area contributed by atoms with E-state index < -0.39 is 9.84 Å². The molecule has 4 nitrogen and oxygen atoms in total. The quantitative estimate of drug-likeness (QED) is 0.615. The average molecular weight is 296 g/mol. The number of nitrogens with two attached hydrogens (primary N) is 1. The Balaban J connectivity index is 1.93. The minimum atomic E-state index is -2.88. The Labute approximate surface area is 121 Å². The van der Waals surface area contributed by atoms with Crippen molar-refractivity contribution < 1.29 is 8.42 Å². The van der Waals surface area contributed by atoms with E-state index in [-0.39, 0.29) is 11.8 Å². The van der Waals surface area contributed by atoms with Gasteiger partial charge < -0.3 is 0 Å². The summed E-state index contributed by atoms with van der Waals surface area (Å²) in [4.78, 5) is 0. The highest BCUT2D eigenvalue weighted by Gasteiger charge is 2.25. The summed E-state index contributed by atoms with van der Waals surface area (Å²) in [5.41, 5.74) is 5.74. The lowest BCUT2D eigenvalue weighted by Crippen LogP contribution is -2.43. The van der Waals surface area contributed by atoms with Gasteiger partial charge in [-0.3, -0.25) is 11.3 Å². The number of aryl methyl sites for hydroxylation is 1. The first kappa shape index (κ1) is 15.5. The van der Waals surface area contributed by atoms with E-state index in [1.165, 1.54) is 17.4 Å². The fraction of sp³-hybridized carbons (Fsp3) is 0.600. The lowest BCUT2D eigenvalue weighted by atomic mass is 9.79. The van der Waals surface area contributed by atoms with E-state index >= 15 is 0 Å². The zero-order valence-corrected chi connectivity index (χ0v) is 12.8. The van der Waals surface area contributed by atoms with Crippen molar-refractivity contribution in [1.29, 1.82) is 0 Å². The van der Waals surface area contributed by atoms with Crippen LogP contribution in [0.5, 0.6) is 0 Å². The highest BCUT2D eigenvalue weighted by atomic mass is 32.2. The van der Waals surface area contributed by atoms with Gasteiger partial charge in [-0.2, -0.15) is 0 Å². The molecule has 0 amide bonds. The Bertz CT molecular complexity index is 543. The molecule has 2 unspecified atom stereocenters. The highest BCUT2D eigenvalue weighted by molar-refractivity contribution is 7.90. The molecule has 5 heteroatoms. The zero-order valence-electron chi connectivity index (χ0n) is 12.0. The van der Waals surface area contributed by atoms with Crippen LogP contribution in [0.3, 0.4) is 0 Å². The molecule has 20 heavy (non-hydrogen) atoms. The molecule has 0 saturated carbocycles. The van der Waals surface area contributed by atoms with Gasteiger partial charge in [0.15, 0.2) is 0 Å². The third kappa shape index (κ3) is 4.30. The van der Waals surface area contributed by atoms with Gasteiger partial charge in [-0.1, -0.05) is 24.3 Å². The number of fused-ring (bicyclic) bond motifs is 1. The standard InChI is InChI=1S/C15H24N2O2S/c1-20(18,19)10-4-7-15(17-16)14-9-8-12-5-2-3-6-13(12)11-14/h2-3,5-6,14-15,17H,4,7-11,16H2,1H3. The fourth-order valence-corrected chi connectivity index (χ4v) is 3.78. The summed E-state index contributed by atoms with van der Waals surface area (Å²) in [7, 11) is -2.88. The van der Waals surface area contributed by atoms with Crippen LogP contribution in [-0.2, 0) is 22.7 Å². The van der Waals surface area contributed by atoms with Crippen LogP contribution < -0.4 is 11.3 Å². The molecule has 112 valence electrons. The van der Waals surface area contributed by atoms with Gasteiger partial charge in [-0.25, -0.2) is 8.42 Å². The summed E-state index contributed by atoms with van der Waals surface area (Å²) < 4.78 is 22.4. The number of rotatable bonds is 6. The topological polar surface area (TPSA) is 72.2 Å². The molecule has 0 aliphatic heterocycles. The second-order valence-corrected chi connectivity index (χ2v) is 8.08. The predicted octanol–water partition coefficient (Wildman–Crippen LogP) is 1.45. The van der Waals surface area contributed by atoms with Crippen molar-refractivity contribution in [2.45, 2.75) is 38.1 Å². The summed E-state index contributed by atoms with van der Waals surface area (Å²) in [5.74, 6) is 6.41. The highest BCUT2D eigenvalue weighted by Crippen LogP contribution is 2.28. The Morgan fingerprint density at radius 3 is 2.70 bits per heavy atom. The lowest BCUT2D eigenvalue weighted by Gasteiger charge is -2.31. The first-order valence-corrected chi connectivity index (χ1v) is 9.26. The molecule has 1 aromatic carbocycles. The first-order chi connectivity index (χ1) is 9.49. The van der Waals surface area contributed by atoms with Gasteiger partial charge in [-0.05, 0) is 49.1 Å². The predicted molar refractivity (Wildman–Crippen MR) is 82.0 cm³/mol. The van der Waals surface area contributed by atoms with Crippen molar-refractivity contribution in [3.05, 3.63) is 35.4 Å². The molecule has 0 heterocycles. The number of hydrogen-bond donors (Lipinski definition) is 2. The largest absolute Gasteiger partial charge is 0.271 e. The Morgan fingerprint density at radius 2 is 2.05 bits per heavy atom. The Hall–Kier alpha value is -0.910. The summed E-state index contributed by atoms with van der Waals surface area (Å²) in [6.07, 6.45) is 6.01. The van der Waals surface area contributed by atoms with E-state index in [2.05, 4.69) is 29.7 Å². The molecular formula is C15H24N2O2S. The summed E-state index contributed by atoms with van der Waals surface area (Å²) in [6.45, 7) is 0. The van der Waals surface area contributed by atoms with Crippen LogP contribution >= 0.6 is 0 Å². The molecule has 0 bridgehead atoms. The molecule has 0 spiro atoms. The first-order valence-electron chi connectivity index (χ1n) is 7.20. The van der Waals surface area contributed by atoms with Crippen molar-refractivity contribution in [2.75, 3.05) is 12.0 Å². The van der Waals surface area contributed by atoms with Gasteiger partial charge in [0.25, 0.3) is 0 Å². The Kier molecular flexibility index (Phi) is 5.18. The summed E-state index contributed by atoms with van der Waals surface area (Å²) in [5, 5.41) is 0. The minimum Gasteiger partial charge on any atom is -0.271 e. The van der Waals surface area contributed by atoms with E-state index in [0.29, 0.717) is 12.3 Å². The molecule has 1 aliphatic rings. The average Bonchev–Trinajstić information content (AvgIpc) is 2.42. The van der Waals surface area contributed by atoms with E-state index in [1.807, 2.05) is 0 Å². The van der Waals surface area contributed by atoms with Crippen LogP contribution in [0, 0.1) is 5.92 Å². The maximum Gasteiger partial charge on any atom is 0.147 e. The molecule has 1 aromatic rings. The second-order valence-electron chi connectivity index (χ2n) is 5.82. The SMILES string of the molecule is CS(=O)(=O)CCCC(NN)C1CCc2ccccc2C1. The van der Waals surface area contributed by atoms with Gasteiger partial charge in [-0.15, -0.1) is 0 Å². The monoisotopic (exact) mass is 296 g/mol. The number of hydrogen-bond acceptors (Lipinski definition) is 4. The number of sulfone groups is 1. The summed E-state index contributed by atoms with van der Waals surface area (Å²) in [6, 6.07) is 8.75. The van der Waals surface area contributed by atoms with Gasteiger partial charge in [0, 0.05) is 18.1 Å². The molecule has 1 aliphatic carbocycles. The maximum atomic E-state index is 11.2. The van der Waals surface area contributed by atoms with E-state index in [1.54, 1.807) is 0 Å². The van der Waals surface area contributed by atoms with Gasteiger partial charge in [0.2, 0.25) is 0 Å². The zero-order chi connectivity index (χ0) is 14.6. The lowest BCUT2D eigenvalue weighted by molar-refractivity contribution is 0.306. The molecule has 0 radical (unpaired) electrons. The van der Waals surface area contributed by atoms with E-state index in [4.69, 9.17) is 5.84 Å². The van der Waals surface area contributed by atoms with Crippen LogP contribution in [0.4, 0.5) is 0 Å². The number of hydrazine groups is 1. The van der Waals surface area contributed by atoms with Crippen LogP contribution in [0.2, 0.25) is 0 Å². The second kappa shape index (κ2) is 6.70. The van der Waals surface area contributed by atoms with Gasteiger partial charge in [0.05, 0.1) is 0 Å². The third-order valence-electron chi connectivity index (χ3n) is 4.20. The van der Waals surface area contributed by atoms with Crippen molar-refractivity contribution in [3.63, 3.8) is 0 Å². The van der Waals surface area contributed by atoms with Gasteiger partial charge in [0.1, 0.15) is 9.84 Å². The van der Waals surface area contributed by atoms with Crippen LogP contribution in [-0.4, -0.2) is 26.5 Å². The van der Waals surface area contributed by atoms with Crippen molar-refractivity contribution >= 4 is 9.84 Å². The van der Waals surface area contributed by atoms with Gasteiger partial charge >= 0.3 is 0 Å². The third-order valence-corrected chi connectivity index (χ3v) is 5.23. The number of nitrogens with one attached hydrogen (secondary N) is 1. The molecule has 0 aromatic heterocycles. The Morgan fingerprint density at radius 1 is 1.35 bits per heavy atom. The van der Waals surface area contributed by atoms with Crippen molar-refractivity contribution in [2.24, 2.45) is 11.8 Å². The fourth-order valence-electron chi connectivity index (χ4n) is 3.09. The minimum absolute atomic E-state index is 0.199. The van der Waals surface area contributed by atoms with E-state index in [9.17, 15) is 8.42 Å². The smallest absolute Gasteiger partial charge is 0.147 e. The molecule has 3 N–H and O–H groups in total. The molecule has 0 saturated heterocycles. The van der Waals surface area contributed by atoms with Crippen LogP contribution in [0.25, 0.3) is 0 Å². The van der Waals surface area contributed by atoms with Crippen LogP contribution in [0.15, 0.2) is 24.3 Å². The molecule has 2 atom stereocenters. The maximum absolute atomic E-state index is 11.2. The van der Waals surface area contributed by atoms with Crippen molar-refractivity contribution in [1.82, 2.24) is 5.43 Å². The molecule has 2 rings (SSSR count).